The van der Waals surface area contributed by atoms with Crippen LogP contribution in [0.1, 0.15) is 66.8 Å². The minimum absolute atomic E-state index is 0.121. The molecule has 2 aromatic carbocycles. The van der Waals surface area contributed by atoms with E-state index in [4.69, 9.17) is 0 Å². The highest BCUT2D eigenvalue weighted by Crippen LogP contribution is 2.36. The van der Waals surface area contributed by atoms with Gasteiger partial charge in [0, 0.05) is 17.9 Å². The van der Waals surface area contributed by atoms with Gasteiger partial charge in [-0.1, -0.05) is 105 Å². The van der Waals surface area contributed by atoms with Crippen LogP contribution in [0.15, 0.2) is 72.8 Å². The van der Waals surface area contributed by atoms with Crippen molar-refractivity contribution in [1.82, 2.24) is 0 Å². The van der Waals surface area contributed by atoms with Crippen molar-refractivity contribution in [2.24, 2.45) is 5.92 Å². The summed E-state index contributed by atoms with van der Waals surface area (Å²) in [4.78, 5) is 12.8. The smallest absolute Gasteiger partial charge is 0.163 e. The molecule has 0 amide bonds. The summed E-state index contributed by atoms with van der Waals surface area (Å²) in [6, 6.07) is 20.1. The first-order valence-corrected chi connectivity index (χ1v) is 9.55. The highest BCUT2D eigenvalue weighted by molar-refractivity contribution is 5.96. The van der Waals surface area contributed by atoms with E-state index in [9.17, 15) is 4.79 Å². The molecule has 1 aliphatic rings. The van der Waals surface area contributed by atoms with Crippen LogP contribution in [0.5, 0.6) is 0 Å². The molecule has 0 spiro atoms. The lowest BCUT2D eigenvalue weighted by Gasteiger charge is -2.26. The third-order valence-corrected chi connectivity index (χ3v) is 5.46. The maximum absolute atomic E-state index is 12.8. The molecule has 1 atom stereocenters. The molecule has 0 N–H and O–H groups in total. The van der Waals surface area contributed by atoms with E-state index in [1.807, 2.05) is 36.4 Å². The molecule has 0 aliphatic heterocycles. The van der Waals surface area contributed by atoms with Gasteiger partial charge in [-0.05, 0) is 17.9 Å². The molecule has 1 heteroatoms. The highest BCUT2D eigenvalue weighted by Gasteiger charge is 2.23. The van der Waals surface area contributed by atoms with Crippen LogP contribution in [0.3, 0.4) is 0 Å². The van der Waals surface area contributed by atoms with Gasteiger partial charge in [-0.25, -0.2) is 0 Å². The van der Waals surface area contributed by atoms with Gasteiger partial charge in [-0.3, -0.25) is 4.79 Å². The van der Waals surface area contributed by atoms with Gasteiger partial charge in [0.05, 0.1) is 0 Å². The largest absolute Gasteiger partial charge is 0.294 e. The lowest BCUT2D eigenvalue weighted by molar-refractivity contribution is 0.0976. The molecule has 25 heavy (non-hydrogen) atoms. The minimum Gasteiger partial charge on any atom is -0.294 e. The van der Waals surface area contributed by atoms with Gasteiger partial charge in [0.1, 0.15) is 0 Å². The highest BCUT2D eigenvalue weighted by atomic mass is 16.1. The van der Waals surface area contributed by atoms with Crippen LogP contribution in [0.2, 0.25) is 0 Å². The predicted octanol–water partition coefficient (Wildman–Crippen LogP) is 6.57. The second-order valence-electron chi connectivity index (χ2n) is 7.32. The molecule has 1 aliphatic carbocycles. The summed E-state index contributed by atoms with van der Waals surface area (Å²) < 4.78 is 0. The van der Waals surface area contributed by atoms with Crippen molar-refractivity contribution in [3.8, 4) is 0 Å². The summed E-state index contributed by atoms with van der Waals surface area (Å²) >= 11 is 0. The third kappa shape index (κ3) is 4.92. The molecule has 1 nitrogen and oxygen atoms in total. The first-order valence-electron chi connectivity index (χ1n) is 9.55. The summed E-state index contributed by atoms with van der Waals surface area (Å²) in [7, 11) is 0. The summed E-state index contributed by atoms with van der Waals surface area (Å²) in [5, 5.41) is 0. The van der Waals surface area contributed by atoms with Crippen molar-refractivity contribution in [3.05, 3.63) is 83.9 Å². The van der Waals surface area contributed by atoms with Crippen LogP contribution >= 0.6 is 0 Å². The Morgan fingerprint density at radius 1 is 0.920 bits per heavy atom. The summed E-state index contributed by atoms with van der Waals surface area (Å²) in [5.74, 6) is 1.08. The van der Waals surface area contributed by atoms with Crippen LogP contribution in [0.4, 0.5) is 0 Å². The van der Waals surface area contributed by atoms with Gasteiger partial charge in [0.25, 0.3) is 0 Å². The Kier molecular flexibility index (Phi) is 6.22. The number of carbonyl (C=O) groups is 1. The van der Waals surface area contributed by atoms with Crippen LogP contribution in [0, 0.1) is 5.92 Å². The average Bonchev–Trinajstić information content (AvgIpc) is 2.68. The van der Waals surface area contributed by atoms with Crippen LogP contribution in [-0.2, 0) is 0 Å². The Hall–Kier alpha value is -2.15. The zero-order chi connectivity index (χ0) is 17.5. The lowest BCUT2D eigenvalue weighted by atomic mass is 9.78. The summed E-state index contributed by atoms with van der Waals surface area (Å²) in [5.41, 5.74) is 3.24. The molecule has 1 saturated carbocycles. The van der Waals surface area contributed by atoms with Gasteiger partial charge in [0.15, 0.2) is 5.78 Å². The van der Waals surface area contributed by atoms with Gasteiger partial charge in [0.2, 0.25) is 0 Å². The number of Topliss-reactive ketones (excluding diaryl/α,β-unsaturated/α-hetero) is 1. The monoisotopic (exact) mass is 332 g/mol. The fourth-order valence-electron chi connectivity index (χ4n) is 4.01. The van der Waals surface area contributed by atoms with Crippen molar-refractivity contribution < 1.29 is 4.79 Å². The zero-order valence-electron chi connectivity index (χ0n) is 15.0. The number of hydrogen-bond donors (Lipinski definition) is 0. The molecule has 1 fully saturated rings. The standard InChI is InChI=1S/C24H28O/c1-19(17-20-11-5-2-6-12-20)23(21-13-7-3-8-14-21)18-24(25)22-15-9-4-10-16-22/h3-4,7-10,13-16,20,23H,1-2,5-6,11-12,17-18H2. The van der Waals surface area contributed by atoms with Gasteiger partial charge in [-0.15, -0.1) is 0 Å². The predicted molar refractivity (Wildman–Crippen MR) is 105 cm³/mol. The number of carbonyl (C=O) groups excluding carboxylic acids is 1. The Bertz CT molecular complexity index is 681. The summed E-state index contributed by atoms with van der Waals surface area (Å²) in [6.45, 7) is 4.42. The topological polar surface area (TPSA) is 17.1 Å². The van der Waals surface area contributed by atoms with Crippen molar-refractivity contribution >= 4 is 5.78 Å². The molecular weight excluding hydrogens is 304 g/mol. The number of hydrogen-bond acceptors (Lipinski definition) is 1. The van der Waals surface area contributed by atoms with E-state index in [-0.39, 0.29) is 11.7 Å². The number of rotatable bonds is 7. The second kappa shape index (κ2) is 8.80. The minimum atomic E-state index is 0.121. The molecule has 1 unspecified atom stereocenters. The van der Waals surface area contributed by atoms with Crippen LogP contribution < -0.4 is 0 Å². The quantitative estimate of drug-likeness (QED) is 0.414. The van der Waals surface area contributed by atoms with Crippen molar-refractivity contribution in [2.45, 2.75) is 50.9 Å². The van der Waals surface area contributed by atoms with Gasteiger partial charge in [-0.2, -0.15) is 0 Å². The van der Waals surface area contributed by atoms with Crippen LogP contribution in [-0.4, -0.2) is 5.78 Å². The maximum Gasteiger partial charge on any atom is 0.163 e. The Balaban J connectivity index is 1.75. The van der Waals surface area contributed by atoms with Gasteiger partial charge >= 0.3 is 0 Å². The Labute approximate surface area is 151 Å². The molecule has 0 radical (unpaired) electrons. The van der Waals surface area contributed by atoms with E-state index in [1.165, 1.54) is 43.2 Å². The lowest BCUT2D eigenvalue weighted by Crippen LogP contribution is -2.14. The molecule has 3 rings (SSSR count). The van der Waals surface area contributed by atoms with E-state index in [0.717, 1.165) is 17.9 Å². The third-order valence-electron chi connectivity index (χ3n) is 5.46. The van der Waals surface area contributed by atoms with Gasteiger partial charge < -0.3 is 0 Å². The zero-order valence-corrected chi connectivity index (χ0v) is 15.0. The fraction of sp³-hybridized carbons (Fsp3) is 0.375. The average molecular weight is 332 g/mol. The van der Waals surface area contributed by atoms with Crippen molar-refractivity contribution in [2.75, 3.05) is 0 Å². The van der Waals surface area contributed by atoms with E-state index in [0.29, 0.717) is 6.42 Å². The van der Waals surface area contributed by atoms with E-state index in [2.05, 4.69) is 30.8 Å². The Morgan fingerprint density at radius 2 is 1.52 bits per heavy atom. The SMILES string of the molecule is C=C(CC1CCCCC1)C(CC(=O)c1ccccc1)c1ccccc1. The molecule has 0 aromatic heterocycles. The molecule has 0 heterocycles. The number of ketones is 1. The van der Waals surface area contributed by atoms with E-state index >= 15 is 0 Å². The molecule has 0 bridgehead atoms. The van der Waals surface area contributed by atoms with Crippen LogP contribution in [0.25, 0.3) is 0 Å². The summed E-state index contributed by atoms with van der Waals surface area (Å²) in [6.07, 6.45) is 8.26. The number of benzene rings is 2. The molecule has 2 aromatic rings. The normalized spacial score (nSPS) is 16.3. The first kappa shape index (κ1) is 17.7. The maximum atomic E-state index is 12.8. The fourth-order valence-corrected chi connectivity index (χ4v) is 4.01. The molecule has 130 valence electrons. The van der Waals surface area contributed by atoms with Crippen molar-refractivity contribution in [3.63, 3.8) is 0 Å². The second-order valence-corrected chi connectivity index (χ2v) is 7.32. The van der Waals surface area contributed by atoms with Crippen molar-refractivity contribution in [1.29, 1.82) is 0 Å². The number of allylic oxidation sites excluding steroid dienone is 1. The molecular formula is C24H28O. The Morgan fingerprint density at radius 3 is 2.16 bits per heavy atom. The first-order chi connectivity index (χ1) is 12.2. The molecule has 0 saturated heterocycles. The van der Waals surface area contributed by atoms with E-state index in [1.54, 1.807) is 0 Å². The van der Waals surface area contributed by atoms with E-state index < -0.39 is 0 Å².